The maximum absolute atomic E-state index is 12.9. The SMILES string of the molecule is CC1=C(c2cncc(F)c2)CNCC1. The minimum atomic E-state index is -0.270. The van der Waals surface area contributed by atoms with Gasteiger partial charge in [0, 0.05) is 18.3 Å². The van der Waals surface area contributed by atoms with Gasteiger partial charge in [0.1, 0.15) is 5.82 Å². The molecular formula is C11H13FN2. The van der Waals surface area contributed by atoms with E-state index in [4.69, 9.17) is 0 Å². The van der Waals surface area contributed by atoms with Gasteiger partial charge >= 0.3 is 0 Å². The average Bonchev–Trinajstić information content (AvgIpc) is 2.18. The Hall–Kier alpha value is -1.22. The average molecular weight is 192 g/mol. The van der Waals surface area contributed by atoms with Crippen LogP contribution in [0.15, 0.2) is 24.0 Å². The highest BCUT2D eigenvalue weighted by molar-refractivity contribution is 5.69. The lowest BCUT2D eigenvalue weighted by molar-refractivity contribution is 0.620. The molecular weight excluding hydrogens is 179 g/mol. The van der Waals surface area contributed by atoms with E-state index in [2.05, 4.69) is 17.2 Å². The summed E-state index contributed by atoms with van der Waals surface area (Å²) in [6, 6.07) is 1.54. The molecule has 1 aromatic heterocycles. The predicted molar refractivity (Wildman–Crippen MR) is 54.3 cm³/mol. The minimum Gasteiger partial charge on any atom is -0.312 e. The molecule has 2 heterocycles. The molecule has 0 radical (unpaired) electrons. The Morgan fingerprint density at radius 3 is 3.00 bits per heavy atom. The van der Waals surface area contributed by atoms with Crippen LogP contribution in [0, 0.1) is 5.82 Å². The van der Waals surface area contributed by atoms with Crippen LogP contribution in [-0.2, 0) is 0 Å². The lowest BCUT2D eigenvalue weighted by atomic mass is 9.97. The Balaban J connectivity index is 2.38. The molecule has 14 heavy (non-hydrogen) atoms. The molecule has 0 atom stereocenters. The molecule has 1 N–H and O–H groups in total. The van der Waals surface area contributed by atoms with Crippen molar-refractivity contribution < 1.29 is 4.39 Å². The van der Waals surface area contributed by atoms with E-state index in [1.807, 2.05) is 0 Å². The molecule has 0 bridgehead atoms. The Labute approximate surface area is 82.9 Å². The van der Waals surface area contributed by atoms with Crippen molar-refractivity contribution in [3.8, 4) is 0 Å². The van der Waals surface area contributed by atoms with Gasteiger partial charge in [-0.2, -0.15) is 0 Å². The normalized spacial score (nSPS) is 17.3. The molecule has 3 heteroatoms. The van der Waals surface area contributed by atoms with Gasteiger partial charge in [-0.3, -0.25) is 4.98 Å². The number of halogens is 1. The molecule has 0 saturated heterocycles. The molecule has 0 aromatic carbocycles. The molecule has 0 amide bonds. The fraction of sp³-hybridized carbons (Fsp3) is 0.364. The maximum Gasteiger partial charge on any atom is 0.142 e. The van der Waals surface area contributed by atoms with E-state index in [0.29, 0.717) is 0 Å². The van der Waals surface area contributed by atoms with Crippen molar-refractivity contribution in [2.45, 2.75) is 13.3 Å². The summed E-state index contributed by atoms with van der Waals surface area (Å²) in [4.78, 5) is 3.86. The van der Waals surface area contributed by atoms with Crippen LogP contribution < -0.4 is 5.32 Å². The van der Waals surface area contributed by atoms with Crippen molar-refractivity contribution in [3.05, 3.63) is 35.4 Å². The number of nitrogens with zero attached hydrogens (tertiary/aromatic N) is 1. The predicted octanol–water partition coefficient (Wildman–Crippen LogP) is 1.99. The van der Waals surface area contributed by atoms with Crippen LogP contribution in [0.4, 0.5) is 4.39 Å². The summed E-state index contributed by atoms with van der Waals surface area (Å²) in [7, 11) is 0. The lowest BCUT2D eigenvalue weighted by Crippen LogP contribution is -2.23. The Kier molecular flexibility index (Phi) is 2.59. The molecule has 0 spiro atoms. The van der Waals surface area contributed by atoms with Crippen LogP contribution in [0.2, 0.25) is 0 Å². The van der Waals surface area contributed by atoms with Crippen molar-refractivity contribution in [3.63, 3.8) is 0 Å². The third-order valence-corrected chi connectivity index (χ3v) is 2.55. The molecule has 1 aliphatic heterocycles. The standard InChI is InChI=1S/C11H13FN2/c1-8-2-3-13-7-11(8)9-4-10(12)6-14-5-9/h4-6,13H,2-3,7H2,1H3. The quantitative estimate of drug-likeness (QED) is 0.736. The van der Waals surface area contributed by atoms with Crippen LogP contribution in [0.1, 0.15) is 18.9 Å². The zero-order valence-corrected chi connectivity index (χ0v) is 8.18. The second-order valence-electron chi connectivity index (χ2n) is 3.58. The van der Waals surface area contributed by atoms with Crippen LogP contribution in [0.25, 0.3) is 5.57 Å². The van der Waals surface area contributed by atoms with Gasteiger partial charge < -0.3 is 5.32 Å². The van der Waals surface area contributed by atoms with E-state index in [1.165, 1.54) is 17.3 Å². The highest BCUT2D eigenvalue weighted by Crippen LogP contribution is 2.22. The second-order valence-corrected chi connectivity index (χ2v) is 3.58. The first-order valence-corrected chi connectivity index (χ1v) is 4.77. The van der Waals surface area contributed by atoms with E-state index in [-0.39, 0.29) is 5.82 Å². The molecule has 0 aliphatic carbocycles. The van der Waals surface area contributed by atoms with Gasteiger partial charge in [0.25, 0.3) is 0 Å². The lowest BCUT2D eigenvalue weighted by Gasteiger charge is -2.18. The fourth-order valence-electron chi connectivity index (χ4n) is 1.72. The van der Waals surface area contributed by atoms with Gasteiger partial charge in [-0.1, -0.05) is 5.57 Å². The third-order valence-electron chi connectivity index (χ3n) is 2.55. The number of hydrogen-bond donors (Lipinski definition) is 1. The van der Waals surface area contributed by atoms with Gasteiger partial charge in [0.2, 0.25) is 0 Å². The first kappa shape index (κ1) is 9.34. The van der Waals surface area contributed by atoms with Crippen molar-refractivity contribution in [2.75, 3.05) is 13.1 Å². The molecule has 1 aliphatic rings. The van der Waals surface area contributed by atoms with Gasteiger partial charge in [0.05, 0.1) is 6.20 Å². The molecule has 0 fully saturated rings. The minimum absolute atomic E-state index is 0.270. The van der Waals surface area contributed by atoms with E-state index in [1.54, 1.807) is 12.3 Å². The van der Waals surface area contributed by atoms with Gasteiger partial charge in [-0.25, -0.2) is 4.39 Å². The van der Waals surface area contributed by atoms with E-state index in [9.17, 15) is 4.39 Å². The number of aromatic nitrogens is 1. The topological polar surface area (TPSA) is 24.9 Å². The van der Waals surface area contributed by atoms with Crippen molar-refractivity contribution in [2.24, 2.45) is 0 Å². The van der Waals surface area contributed by atoms with E-state index < -0.39 is 0 Å². The molecule has 2 nitrogen and oxygen atoms in total. The molecule has 2 rings (SSSR count). The third kappa shape index (κ3) is 1.82. The Morgan fingerprint density at radius 1 is 1.43 bits per heavy atom. The highest BCUT2D eigenvalue weighted by atomic mass is 19.1. The highest BCUT2D eigenvalue weighted by Gasteiger charge is 2.11. The van der Waals surface area contributed by atoms with Crippen LogP contribution in [-0.4, -0.2) is 18.1 Å². The van der Waals surface area contributed by atoms with Gasteiger partial charge in [0.15, 0.2) is 0 Å². The summed E-state index contributed by atoms with van der Waals surface area (Å²) in [5.41, 5.74) is 3.41. The number of hydrogen-bond acceptors (Lipinski definition) is 2. The van der Waals surface area contributed by atoms with Crippen LogP contribution >= 0.6 is 0 Å². The molecule has 74 valence electrons. The first-order valence-electron chi connectivity index (χ1n) is 4.77. The van der Waals surface area contributed by atoms with Crippen molar-refractivity contribution in [1.29, 1.82) is 0 Å². The zero-order chi connectivity index (χ0) is 9.97. The summed E-state index contributed by atoms with van der Waals surface area (Å²) < 4.78 is 12.9. The number of rotatable bonds is 1. The largest absolute Gasteiger partial charge is 0.312 e. The van der Waals surface area contributed by atoms with E-state index >= 15 is 0 Å². The summed E-state index contributed by atoms with van der Waals surface area (Å²) in [5.74, 6) is -0.270. The summed E-state index contributed by atoms with van der Waals surface area (Å²) in [5, 5.41) is 3.28. The smallest absolute Gasteiger partial charge is 0.142 e. The van der Waals surface area contributed by atoms with Crippen LogP contribution in [0.5, 0.6) is 0 Å². The molecule has 1 aromatic rings. The zero-order valence-electron chi connectivity index (χ0n) is 8.18. The summed E-state index contributed by atoms with van der Waals surface area (Å²) in [6.07, 6.45) is 3.98. The first-order chi connectivity index (χ1) is 6.77. The van der Waals surface area contributed by atoms with Gasteiger partial charge in [-0.05, 0) is 31.5 Å². The number of nitrogens with one attached hydrogen (secondary N) is 1. The number of pyridine rings is 1. The molecule has 0 saturated carbocycles. The maximum atomic E-state index is 12.9. The Bertz CT molecular complexity index is 371. The van der Waals surface area contributed by atoms with Crippen molar-refractivity contribution in [1.82, 2.24) is 10.3 Å². The van der Waals surface area contributed by atoms with E-state index in [0.717, 1.165) is 25.1 Å². The van der Waals surface area contributed by atoms with Crippen LogP contribution in [0.3, 0.4) is 0 Å². The Morgan fingerprint density at radius 2 is 2.29 bits per heavy atom. The second kappa shape index (κ2) is 3.88. The van der Waals surface area contributed by atoms with Gasteiger partial charge in [-0.15, -0.1) is 0 Å². The monoisotopic (exact) mass is 192 g/mol. The summed E-state index contributed by atoms with van der Waals surface area (Å²) >= 11 is 0. The summed E-state index contributed by atoms with van der Waals surface area (Å²) in [6.45, 7) is 3.93. The van der Waals surface area contributed by atoms with Crippen molar-refractivity contribution >= 4 is 5.57 Å². The fourth-order valence-corrected chi connectivity index (χ4v) is 1.72. The molecule has 0 unspecified atom stereocenters.